The van der Waals surface area contributed by atoms with Crippen molar-refractivity contribution >= 4 is 11.7 Å². The molecule has 0 aliphatic heterocycles. The Kier molecular flexibility index (Phi) is 7.47. The van der Waals surface area contributed by atoms with Crippen LogP contribution in [0.1, 0.15) is 33.1 Å². The van der Waals surface area contributed by atoms with Crippen molar-refractivity contribution in [2.75, 3.05) is 25.1 Å². The van der Waals surface area contributed by atoms with Gasteiger partial charge in [-0.25, -0.2) is 0 Å². The van der Waals surface area contributed by atoms with Crippen molar-refractivity contribution in [3.05, 3.63) is 24.3 Å². The smallest absolute Gasteiger partial charge is 0.325 e. The van der Waals surface area contributed by atoms with E-state index in [0.717, 1.165) is 24.5 Å². The van der Waals surface area contributed by atoms with Crippen molar-refractivity contribution in [3.63, 3.8) is 0 Å². The van der Waals surface area contributed by atoms with E-state index in [9.17, 15) is 4.79 Å². The fraction of sp³-hybridized carbons (Fsp3) is 0.533. The van der Waals surface area contributed by atoms with E-state index >= 15 is 0 Å². The molecule has 19 heavy (non-hydrogen) atoms. The number of carbonyl (C=O) groups excluding carboxylic acids is 1. The maximum atomic E-state index is 11.2. The molecule has 4 nitrogen and oxygen atoms in total. The Morgan fingerprint density at radius 2 is 1.89 bits per heavy atom. The minimum Gasteiger partial charge on any atom is -0.494 e. The summed E-state index contributed by atoms with van der Waals surface area (Å²) in [7, 11) is 0. The number of hydrogen-bond donors (Lipinski definition) is 1. The first-order valence-electron chi connectivity index (χ1n) is 6.88. The van der Waals surface area contributed by atoms with Crippen LogP contribution in [0.3, 0.4) is 0 Å². The van der Waals surface area contributed by atoms with E-state index < -0.39 is 0 Å². The molecule has 0 aromatic heterocycles. The van der Waals surface area contributed by atoms with Crippen LogP contribution < -0.4 is 10.1 Å². The summed E-state index contributed by atoms with van der Waals surface area (Å²) in [6.45, 7) is 5.31. The maximum absolute atomic E-state index is 11.2. The zero-order chi connectivity index (χ0) is 13.9. The minimum absolute atomic E-state index is 0.185. The van der Waals surface area contributed by atoms with Gasteiger partial charge in [0.2, 0.25) is 0 Å². The van der Waals surface area contributed by atoms with Crippen LogP contribution in [0.4, 0.5) is 5.69 Å². The van der Waals surface area contributed by atoms with E-state index in [0.29, 0.717) is 6.61 Å². The van der Waals surface area contributed by atoms with Crippen LogP contribution in [0.25, 0.3) is 0 Å². The van der Waals surface area contributed by atoms with Crippen molar-refractivity contribution in [3.8, 4) is 5.75 Å². The zero-order valence-electron chi connectivity index (χ0n) is 11.8. The highest BCUT2D eigenvalue weighted by Crippen LogP contribution is 2.15. The maximum Gasteiger partial charge on any atom is 0.325 e. The lowest BCUT2D eigenvalue weighted by Gasteiger charge is -2.08. The predicted octanol–water partition coefficient (Wildman–Crippen LogP) is 3.23. The Morgan fingerprint density at radius 3 is 2.53 bits per heavy atom. The molecule has 0 radical (unpaired) electrons. The van der Waals surface area contributed by atoms with Crippen LogP contribution in [0.5, 0.6) is 5.75 Å². The van der Waals surface area contributed by atoms with Gasteiger partial charge >= 0.3 is 5.97 Å². The van der Waals surface area contributed by atoms with Crippen LogP contribution in [-0.4, -0.2) is 25.7 Å². The standard InChI is InChI=1S/C15H23NO3/c1-3-5-6-11-19-14-9-7-13(8-10-14)16-12-15(17)18-4-2/h7-10,16H,3-6,11-12H2,1-2H3. The second-order valence-electron chi connectivity index (χ2n) is 4.24. The summed E-state index contributed by atoms with van der Waals surface area (Å²) in [5, 5.41) is 3.00. The van der Waals surface area contributed by atoms with E-state index in [1.165, 1.54) is 12.8 Å². The molecule has 0 spiro atoms. The first kappa shape index (κ1) is 15.3. The van der Waals surface area contributed by atoms with Crippen molar-refractivity contribution in [2.24, 2.45) is 0 Å². The molecule has 0 saturated heterocycles. The van der Waals surface area contributed by atoms with Crippen LogP contribution >= 0.6 is 0 Å². The fourth-order valence-electron chi connectivity index (χ4n) is 1.60. The largest absolute Gasteiger partial charge is 0.494 e. The highest BCUT2D eigenvalue weighted by atomic mass is 16.5. The monoisotopic (exact) mass is 265 g/mol. The third kappa shape index (κ3) is 6.70. The average Bonchev–Trinajstić information content (AvgIpc) is 2.43. The number of anilines is 1. The summed E-state index contributed by atoms with van der Waals surface area (Å²) in [6.07, 6.45) is 3.47. The normalized spacial score (nSPS) is 10.0. The number of rotatable bonds is 9. The van der Waals surface area contributed by atoms with E-state index in [-0.39, 0.29) is 12.5 Å². The second kappa shape index (κ2) is 9.25. The molecular weight excluding hydrogens is 242 g/mol. The third-order valence-corrected chi connectivity index (χ3v) is 2.61. The number of esters is 1. The van der Waals surface area contributed by atoms with Crippen LogP contribution in [0.2, 0.25) is 0 Å². The lowest BCUT2D eigenvalue weighted by atomic mass is 10.2. The third-order valence-electron chi connectivity index (χ3n) is 2.61. The first-order chi connectivity index (χ1) is 9.26. The predicted molar refractivity (Wildman–Crippen MR) is 76.6 cm³/mol. The molecule has 0 bridgehead atoms. The number of benzene rings is 1. The van der Waals surface area contributed by atoms with Gasteiger partial charge in [0.15, 0.2) is 0 Å². The second-order valence-corrected chi connectivity index (χ2v) is 4.24. The molecular formula is C15H23NO3. The molecule has 1 aromatic rings. The van der Waals surface area contributed by atoms with Gasteiger partial charge in [0.1, 0.15) is 12.3 Å². The number of carbonyl (C=O) groups is 1. The van der Waals surface area contributed by atoms with E-state index in [1.807, 2.05) is 24.3 Å². The van der Waals surface area contributed by atoms with Crippen molar-refractivity contribution in [2.45, 2.75) is 33.1 Å². The summed E-state index contributed by atoms with van der Waals surface area (Å²) < 4.78 is 10.4. The van der Waals surface area contributed by atoms with Gasteiger partial charge < -0.3 is 14.8 Å². The van der Waals surface area contributed by atoms with Crippen LogP contribution in [0, 0.1) is 0 Å². The number of hydrogen-bond acceptors (Lipinski definition) is 4. The molecule has 106 valence electrons. The highest BCUT2D eigenvalue weighted by molar-refractivity contribution is 5.74. The molecule has 1 N–H and O–H groups in total. The van der Waals surface area contributed by atoms with Gasteiger partial charge in [-0.2, -0.15) is 0 Å². The molecule has 0 amide bonds. The summed E-state index contributed by atoms with van der Waals surface area (Å²) >= 11 is 0. The van der Waals surface area contributed by atoms with Gasteiger partial charge in [0.25, 0.3) is 0 Å². The first-order valence-corrected chi connectivity index (χ1v) is 6.88. The number of unbranched alkanes of at least 4 members (excludes halogenated alkanes) is 2. The molecule has 0 aliphatic carbocycles. The topological polar surface area (TPSA) is 47.6 Å². The molecule has 1 aromatic carbocycles. The Morgan fingerprint density at radius 1 is 1.16 bits per heavy atom. The number of ether oxygens (including phenoxy) is 2. The quantitative estimate of drug-likeness (QED) is 0.550. The molecule has 0 atom stereocenters. The average molecular weight is 265 g/mol. The minimum atomic E-state index is -0.248. The summed E-state index contributed by atoms with van der Waals surface area (Å²) in [5.41, 5.74) is 0.883. The summed E-state index contributed by atoms with van der Waals surface area (Å²) in [6, 6.07) is 7.60. The summed E-state index contributed by atoms with van der Waals surface area (Å²) in [4.78, 5) is 11.2. The van der Waals surface area contributed by atoms with E-state index in [4.69, 9.17) is 9.47 Å². The Labute approximate surface area is 115 Å². The van der Waals surface area contributed by atoms with Gasteiger partial charge in [0.05, 0.1) is 13.2 Å². The molecule has 4 heteroatoms. The van der Waals surface area contributed by atoms with Crippen LogP contribution in [0.15, 0.2) is 24.3 Å². The Balaban J connectivity index is 2.29. The lowest BCUT2D eigenvalue weighted by Crippen LogP contribution is -2.16. The zero-order valence-corrected chi connectivity index (χ0v) is 11.8. The van der Waals surface area contributed by atoms with E-state index in [2.05, 4.69) is 12.2 Å². The molecule has 1 rings (SSSR count). The Hall–Kier alpha value is -1.71. The van der Waals surface area contributed by atoms with Crippen molar-refractivity contribution in [1.29, 1.82) is 0 Å². The van der Waals surface area contributed by atoms with E-state index in [1.54, 1.807) is 6.92 Å². The molecule has 0 fully saturated rings. The molecule has 0 unspecified atom stereocenters. The Bertz CT molecular complexity index is 362. The summed E-state index contributed by atoms with van der Waals surface area (Å²) in [5.74, 6) is 0.611. The van der Waals surface area contributed by atoms with Gasteiger partial charge in [-0.05, 0) is 37.6 Å². The SMILES string of the molecule is CCCCCOc1ccc(NCC(=O)OCC)cc1. The van der Waals surface area contributed by atoms with Crippen molar-refractivity contribution in [1.82, 2.24) is 0 Å². The highest BCUT2D eigenvalue weighted by Gasteiger charge is 2.01. The lowest BCUT2D eigenvalue weighted by molar-refractivity contribution is -0.140. The van der Waals surface area contributed by atoms with Gasteiger partial charge in [-0.3, -0.25) is 4.79 Å². The molecule has 0 aliphatic rings. The van der Waals surface area contributed by atoms with Crippen molar-refractivity contribution < 1.29 is 14.3 Å². The van der Waals surface area contributed by atoms with Gasteiger partial charge in [-0.15, -0.1) is 0 Å². The molecule has 0 saturated carbocycles. The van der Waals surface area contributed by atoms with Crippen LogP contribution in [-0.2, 0) is 9.53 Å². The molecule has 0 heterocycles. The van der Waals surface area contributed by atoms with Gasteiger partial charge in [0, 0.05) is 5.69 Å². The number of nitrogens with one attached hydrogen (secondary N) is 1. The van der Waals surface area contributed by atoms with Gasteiger partial charge in [-0.1, -0.05) is 19.8 Å². The fourth-order valence-corrected chi connectivity index (χ4v) is 1.60.